The van der Waals surface area contributed by atoms with Gasteiger partial charge in [0.05, 0.1) is 18.2 Å². The van der Waals surface area contributed by atoms with E-state index in [0.717, 1.165) is 35.0 Å². The highest BCUT2D eigenvalue weighted by Gasteiger charge is 2.20. The van der Waals surface area contributed by atoms with Gasteiger partial charge in [-0.05, 0) is 49.2 Å². The van der Waals surface area contributed by atoms with E-state index in [-0.39, 0.29) is 11.9 Å². The molecule has 0 saturated heterocycles. The number of nitrogens with one attached hydrogen (secondary N) is 1. The normalized spacial score (nSPS) is 14.0. The van der Waals surface area contributed by atoms with Crippen LogP contribution in [-0.4, -0.2) is 43.8 Å². The molecule has 5 heteroatoms. The van der Waals surface area contributed by atoms with Crippen LogP contribution < -0.4 is 10.1 Å². The van der Waals surface area contributed by atoms with Crippen molar-refractivity contribution >= 4 is 17.7 Å². The molecule has 2 aromatic carbocycles. The van der Waals surface area contributed by atoms with E-state index < -0.39 is 0 Å². The summed E-state index contributed by atoms with van der Waals surface area (Å²) in [6.07, 6.45) is 0.956. The van der Waals surface area contributed by atoms with Crippen molar-refractivity contribution in [2.45, 2.75) is 24.3 Å². The molecule has 1 atom stereocenters. The number of benzene rings is 2. The van der Waals surface area contributed by atoms with E-state index >= 15 is 0 Å². The molecular weight excluding hydrogens is 344 g/mol. The minimum atomic E-state index is -0.0158. The molecule has 1 aliphatic heterocycles. The van der Waals surface area contributed by atoms with Gasteiger partial charge < -0.3 is 15.0 Å². The van der Waals surface area contributed by atoms with Crippen LogP contribution in [0.5, 0.6) is 5.75 Å². The third-order valence-electron chi connectivity index (χ3n) is 4.61. The molecule has 1 unspecified atom stereocenters. The van der Waals surface area contributed by atoms with E-state index in [1.807, 2.05) is 44.4 Å². The Kier molecular flexibility index (Phi) is 6.22. The maximum Gasteiger partial charge on any atom is 0.252 e. The Morgan fingerprint density at radius 1 is 1.27 bits per heavy atom. The minimum Gasteiger partial charge on any atom is -0.493 e. The number of amides is 1. The topological polar surface area (TPSA) is 41.6 Å². The first kappa shape index (κ1) is 18.8. The van der Waals surface area contributed by atoms with Crippen LogP contribution in [0.3, 0.4) is 0 Å². The van der Waals surface area contributed by atoms with Crippen molar-refractivity contribution in [2.75, 3.05) is 33.0 Å². The smallest absolute Gasteiger partial charge is 0.252 e. The summed E-state index contributed by atoms with van der Waals surface area (Å²) >= 11 is 1.70. The summed E-state index contributed by atoms with van der Waals surface area (Å²) in [6.45, 7) is 3.42. The summed E-state index contributed by atoms with van der Waals surface area (Å²) in [5, 5.41) is 3.12. The Balaban J connectivity index is 1.72. The molecule has 0 aliphatic carbocycles. The number of carbonyl (C=O) groups excluding carboxylic acids is 1. The van der Waals surface area contributed by atoms with Gasteiger partial charge in [0, 0.05) is 17.9 Å². The summed E-state index contributed by atoms with van der Waals surface area (Å²) in [6, 6.07) is 14.3. The SMILES string of the molecule is CCSc1ccccc1C(=O)NCC(c1ccc2c(c1)CCO2)N(C)C. The molecule has 1 N–H and O–H groups in total. The fourth-order valence-electron chi connectivity index (χ4n) is 3.23. The fourth-order valence-corrected chi connectivity index (χ4v) is 4.03. The van der Waals surface area contributed by atoms with Gasteiger partial charge >= 0.3 is 0 Å². The molecule has 0 radical (unpaired) electrons. The zero-order chi connectivity index (χ0) is 18.5. The van der Waals surface area contributed by atoms with E-state index in [4.69, 9.17) is 4.74 Å². The first-order valence-electron chi connectivity index (χ1n) is 9.02. The lowest BCUT2D eigenvalue weighted by molar-refractivity contribution is 0.0939. The second-order valence-electron chi connectivity index (χ2n) is 6.58. The lowest BCUT2D eigenvalue weighted by Crippen LogP contribution is -2.34. The highest BCUT2D eigenvalue weighted by Crippen LogP contribution is 2.29. The van der Waals surface area contributed by atoms with Crippen molar-refractivity contribution in [1.29, 1.82) is 0 Å². The van der Waals surface area contributed by atoms with Crippen LogP contribution in [0.2, 0.25) is 0 Å². The van der Waals surface area contributed by atoms with Crippen LogP contribution in [-0.2, 0) is 6.42 Å². The highest BCUT2D eigenvalue weighted by molar-refractivity contribution is 7.99. The Labute approximate surface area is 159 Å². The molecule has 1 heterocycles. The molecule has 1 amide bonds. The van der Waals surface area contributed by atoms with E-state index in [1.165, 1.54) is 11.1 Å². The monoisotopic (exact) mass is 370 g/mol. The summed E-state index contributed by atoms with van der Waals surface area (Å²) in [7, 11) is 4.09. The fraction of sp³-hybridized carbons (Fsp3) is 0.381. The third-order valence-corrected chi connectivity index (χ3v) is 5.56. The van der Waals surface area contributed by atoms with Gasteiger partial charge in [-0.15, -0.1) is 11.8 Å². The first-order chi connectivity index (χ1) is 12.6. The van der Waals surface area contributed by atoms with Crippen LogP contribution in [0.15, 0.2) is 47.4 Å². The van der Waals surface area contributed by atoms with E-state index in [0.29, 0.717) is 6.54 Å². The van der Waals surface area contributed by atoms with Crippen molar-refractivity contribution in [3.05, 3.63) is 59.2 Å². The Hall–Kier alpha value is -1.98. The zero-order valence-electron chi connectivity index (χ0n) is 15.6. The van der Waals surface area contributed by atoms with Gasteiger partial charge in [0.1, 0.15) is 5.75 Å². The second-order valence-corrected chi connectivity index (χ2v) is 7.89. The number of carbonyl (C=O) groups is 1. The molecular formula is C21H26N2O2S. The van der Waals surface area contributed by atoms with Crippen LogP contribution in [0.25, 0.3) is 0 Å². The minimum absolute atomic E-state index is 0.0158. The average molecular weight is 371 g/mol. The van der Waals surface area contributed by atoms with Crippen LogP contribution >= 0.6 is 11.8 Å². The molecule has 4 nitrogen and oxygen atoms in total. The van der Waals surface area contributed by atoms with Gasteiger partial charge in [-0.3, -0.25) is 4.79 Å². The van der Waals surface area contributed by atoms with Crippen molar-refractivity contribution < 1.29 is 9.53 Å². The summed E-state index contributed by atoms with van der Waals surface area (Å²) < 4.78 is 5.60. The number of likely N-dealkylation sites (N-methyl/N-ethyl adjacent to an activating group) is 1. The molecule has 0 fully saturated rings. The Bertz CT molecular complexity index is 776. The van der Waals surface area contributed by atoms with E-state index in [9.17, 15) is 4.79 Å². The van der Waals surface area contributed by atoms with Gasteiger partial charge in [-0.1, -0.05) is 31.2 Å². The zero-order valence-corrected chi connectivity index (χ0v) is 16.4. The van der Waals surface area contributed by atoms with Crippen molar-refractivity contribution in [1.82, 2.24) is 10.2 Å². The predicted octanol–water partition coefficient (Wildman–Crippen LogP) is 3.77. The Morgan fingerprint density at radius 3 is 2.85 bits per heavy atom. The summed E-state index contributed by atoms with van der Waals surface area (Å²) in [4.78, 5) is 15.9. The van der Waals surface area contributed by atoms with Gasteiger partial charge in [-0.25, -0.2) is 0 Å². The van der Waals surface area contributed by atoms with Crippen molar-refractivity contribution in [2.24, 2.45) is 0 Å². The third kappa shape index (κ3) is 4.22. The number of hydrogen-bond donors (Lipinski definition) is 1. The maximum absolute atomic E-state index is 12.7. The van der Waals surface area contributed by atoms with Crippen LogP contribution in [0, 0.1) is 0 Å². The summed E-state index contributed by atoms with van der Waals surface area (Å²) in [5.74, 6) is 1.92. The molecule has 0 aromatic heterocycles. The van der Waals surface area contributed by atoms with Gasteiger partial charge in [0.15, 0.2) is 0 Å². The highest BCUT2D eigenvalue weighted by atomic mass is 32.2. The summed E-state index contributed by atoms with van der Waals surface area (Å²) in [5.41, 5.74) is 3.21. The number of fused-ring (bicyclic) bond motifs is 1. The average Bonchev–Trinajstić information content (AvgIpc) is 3.10. The van der Waals surface area contributed by atoms with Gasteiger partial charge in [0.25, 0.3) is 5.91 Å². The molecule has 0 saturated carbocycles. The number of ether oxygens (including phenoxy) is 1. The molecule has 1 aliphatic rings. The number of hydrogen-bond acceptors (Lipinski definition) is 4. The quantitative estimate of drug-likeness (QED) is 0.754. The van der Waals surface area contributed by atoms with Crippen molar-refractivity contribution in [3.63, 3.8) is 0 Å². The predicted molar refractivity (Wildman–Crippen MR) is 107 cm³/mol. The van der Waals surface area contributed by atoms with Gasteiger partial charge in [-0.2, -0.15) is 0 Å². The lowest BCUT2D eigenvalue weighted by Gasteiger charge is -2.25. The first-order valence-corrected chi connectivity index (χ1v) is 10.0. The number of rotatable bonds is 7. The van der Waals surface area contributed by atoms with E-state index in [1.54, 1.807) is 11.8 Å². The standard InChI is InChI=1S/C21H26N2O2S/c1-4-26-20-8-6-5-7-17(20)21(24)22-14-18(23(2)3)15-9-10-19-16(13-15)11-12-25-19/h5-10,13,18H,4,11-12,14H2,1-3H3,(H,22,24). The lowest BCUT2D eigenvalue weighted by atomic mass is 10.0. The molecule has 138 valence electrons. The van der Waals surface area contributed by atoms with E-state index in [2.05, 4.69) is 29.3 Å². The maximum atomic E-state index is 12.7. The second kappa shape index (κ2) is 8.60. The van der Waals surface area contributed by atoms with Crippen LogP contribution in [0.4, 0.5) is 0 Å². The molecule has 26 heavy (non-hydrogen) atoms. The molecule has 3 rings (SSSR count). The van der Waals surface area contributed by atoms with Gasteiger partial charge in [0.2, 0.25) is 0 Å². The number of nitrogens with zero attached hydrogens (tertiary/aromatic N) is 1. The van der Waals surface area contributed by atoms with Crippen molar-refractivity contribution in [3.8, 4) is 5.75 Å². The Morgan fingerprint density at radius 2 is 2.08 bits per heavy atom. The molecule has 2 aromatic rings. The number of thioether (sulfide) groups is 1. The largest absolute Gasteiger partial charge is 0.493 e. The molecule has 0 spiro atoms. The van der Waals surface area contributed by atoms with Crippen LogP contribution in [0.1, 0.15) is 34.5 Å². The molecule has 0 bridgehead atoms.